The minimum atomic E-state index is 0.562. The van der Waals surface area contributed by atoms with E-state index in [1.54, 1.807) is 0 Å². The van der Waals surface area contributed by atoms with Crippen LogP contribution in [-0.4, -0.2) is 0 Å². The fourth-order valence-electron chi connectivity index (χ4n) is 1.91. The molecule has 0 rings (SSSR count). The zero-order valence-corrected chi connectivity index (χ0v) is 9.61. The van der Waals surface area contributed by atoms with Gasteiger partial charge in [0.05, 0.1) is 0 Å². The summed E-state index contributed by atoms with van der Waals surface area (Å²) >= 11 is 0. The number of rotatable bonds is 6. The lowest BCUT2D eigenvalue weighted by atomic mass is 9.72. The largest absolute Gasteiger partial charge is 0.0654 e. The standard InChI is InChI=1S/C12H26/c1-6-9-11(10-7-2)12(4,5)8-3/h11H,6-10H2,1-5H3. The van der Waals surface area contributed by atoms with Gasteiger partial charge in [-0.1, -0.05) is 66.7 Å². The highest BCUT2D eigenvalue weighted by Gasteiger charge is 2.25. The zero-order chi connectivity index (χ0) is 9.61. The van der Waals surface area contributed by atoms with Gasteiger partial charge in [0, 0.05) is 0 Å². The molecule has 0 aliphatic rings. The second-order valence-electron chi connectivity index (χ2n) is 4.62. The molecule has 0 fully saturated rings. The highest BCUT2D eigenvalue weighted by molar-refractivity contribution is 4.76. The highest BCUT2D eigenvalue weighted by Crippen LogP contribution is 2.36. The molecule has 0 nitrogen and oxygen atoms in total. The maximum absolute atomic E-state index is 2.42. The molecule has 74 valence electrons. The number of hydrogen-bond donors (Lipinski definition) is 0. The second kappa shape index (κ2) is 5.61. The molecule has 0 saturated carbocycles. The first-order valence-electron chi connectivity index (χ1n) is 5.58. The van der Waals surface area contributed by atoms with Crippen LogP contribution in [0.4, 0.5) is 0 Å². The molecule has 0 unspecified atom stereocenters. The minimum Gasteiger partial charge on any atom is -0.0654 e. The van der Waals surface area contributed by atoms with Crippen molar-refractivity contribution in [3.05, 3.63) is 0 Å². The monoisotopic (exact) mass is 170 g/mol. The summed E-state index contributed by atoms with van der Waals surface area (Å²) in [6, 6.07) is 0. The molecule has 0 heteroatoms. The van der Waals surface area contributed by atoms with Crippen LogP contribution in [0.1, 0.15) is 66.7 Å². The van der Waals surface area contributed by atoms with Crippen LogP contribution >= 0.6 is 0 Å². The highest BCUT2D eigenvalue weighted by atomic mass is 14.3. The van der Waals surface area contributed by atoms with E-state index in [2.05, 4.69) is 34.6 Å². The van der Waals surface area contributed by atoms with Gasteiger partial charge in [0.2, 0.25) is 0 Å². The van der Waals surface area contributed by atoms with E-state index in [1.807, 2.05) is 0 Å². The smallest absolute Gasteiger partial charge is 0.0329 e. The maximum Gasteiger partial charge on any atom is -0.0329 e. The molecule has 0 N–H and O–H groups in total. The van der Waals surface area contributed by atoms with Crippen molar-refractivity contribution in [2.24, 2.45) is 11.3 Å². The predicted molar refractivity (Wildman–Crippen MR) is 57.4 cm³/mol. The van der Waals surface area contributed by atoms with Crippen molar-refractivity contribution in [1.29, 1.82) is 0 Å². The van der Waals surface area contributed by atoms with Gasteiger partial charge < -0.3 is 0 Å². The lowest BCUT2D eigenvalue weighted by Gasteiger charge is -2.33. The van der Waals surface area contributed by atoms with E-state index in [0.29, 0.717) is 5.41 Å². The lowest BCUT2D eigenvalue weighted by molar-refractivity contribution is 0.177. The normalized spacial score (nSPS) is 12.5. The predicted octanol–water partition coefficient (Wildman–Crippen LogP) is 4.64. The van der Waals surface area contributed by atoms with Crippen LogP contribution in [0.2, 0.25) is 0 Å². The molecule has 0 aromatic heterocycles. The van der Waals surface area contributed by atoms with E-state index in [1.165, 1.54) is 32.1 Å². The van der Waals surface area contributed by atoms with Crippen molar-refractivity contribution in [2.75, 3.05) is 0 Å². The number of hydrogen-bond acceptors (Lipinski definition) is 0. The first-order valence-corrected chi connectivity index (χ1v) is 5.58. The summed E-state index contributed by atoms with van der Waals surface area (Å²) in [4.78, 5) is 0. The molecule has 0 bridgehead atoms. The summed E-state index contributed by atoms with van der Waals surface area (Å²) < 4.78 is 0. The van der Waals surface area contributed by atoms with E-state index in [0.717, 1.165) is 5.92 Å². The molecule has 0 atom stereocenters. The molecule has 0 saturated heterocycles. The molecule has 0 aromatic carbocycles. The Balaban J connectivity index is 4.07. The molecule has 12 heavy (non-hydrogen) atoms. The van der Waals surface area contributed by atoms with E-state index in [9.17, 15) is 0 Å². The van der Waals surface area contributed by atoms with Crippen molar-refractivity contribution in [3.63, 3.8) is 0 Å². The summed E-state index contributed by atoms with van der Waals surface area (Å²) in [7, 11) is 0. The van der Waals surface area contributed by atoms with E-state index in [4.69, 9.17) is 0 Å². The molecular weight excluding hydrogens is 144 g/mol. The average molecular weight is 170 g/mol. The van der Waals surface area contributed by atoms with Gasteiger partial charge >= 0.3 is 0 Å². The third kappa shape index (κ3) is 3.60. The Labute approximate surface area is 78.8 Å². The van der Waals surface area contributed by atoms with E-state index in [-0.39, 0.29) is 0 Å². The Bertz CT molecular complexity index is 96.6. The van der Waals surface area contributed by atoms with Crippen LogP contribution in [0, 0.1) is 11.3 Å². The summed E-state index contributed by atoms with van der Waals surface area (Å²) in [5, 5.41) is 0. The van der Waals surface area contributed by atoms with Gasteiger partial charge in [0.1, 0.15) is 0 Å². The van der Waals surface area contributed by atoms with Gasteiger partial charge in [0.15, 0.2) is 0 Å². The topological polar surface area (TPSA) is 0 Å². The van der Waals surface area contributed by atoms with Crippen LogP contribution in [0.3, 0.4) is 0 Å². The van der Waals surface area contributed by atoms with Crippen LogP contribution in [0.25, 0.3) is 0 Å². The van der Waals surface area contributed by atoms with Crippen LogP contribution in [0.5, 0.6) is 0 Å². The molecule has 0 aromatic rings. The van der Waals surface area contributed by atoms with Gasteiger partial charge in [-0.2, -0.15) is 0 Å². The second-order valence-corrected chi connectivity index (χ2v) is 4.62. The van der Waals surface area contributed by atoms with Crippen molar-refractivity contribution in [3.8, 4) is 0 Å². The van der Waals surface area contributed by atoms with E-state index >= 15 is 0 Å². The van der Waals surface area contributed by atoms with Crippen LogP contribution in [0.15, 0.2) is 0 Å². The third-order valence-corrected chi connectivity index (χ3v) is 3.29. The fourth-order valence-corrected chi connectivity index (χ4v) is 1.91. The summed E-state index contributed by atoms with van der Waals surface area (Å²) in [5.41, 5.74) is 0.562. The Morgan fingerprint density at radius 1 is 0.917 bits per heavy atom. The Morgan fingerprint density at radius 2 is 1.33 bits per heavy atom. The van der Waals surface area contributed by atoms with Gasteiger partial charge in [-0.3, -0.25) is 0 Å². The molecular formula is C12H26. The molecule has 0 aliphatic heterocycles. The maximum atomic E-state index is 2.42. The van der Waals surface area contributed by atoms with Gasteiger partial charge in [-0.05, 0) is 11.3 Å². The summed E-state index contributed by atoms with van der Waals surface area (Å²) in [6.07, 6.45) is 6.82. The van der Waals surface area contributed by atoms with Crippen molar-refractivity contribution in [2.45, 2.75) is 66.7 Å². The van der Waals surface area contributed by atoms with Crippen molar-refractivity contribution < 1.29 is 0 Å². The molecule has 0 amide bonds. The zero-order valence-electron chi connectivity index (χ0n) is 9.61. The summed E-state index contributed by atoms with van der Waals surface area (Å²) in [6.45, 7) is 11.8. The van der Waals surface area contributed by atoms with E-state index < -0.39 is 0 Å². The first-order chi connectivity index (χ1) is 5.58. The SMILES string of the molecule is CCCC(CCC)C(C)(C)CC. The van der Waals surface area contributed by atoms with Crippen molar-refractivity contribution in [1.82, 2.24) is 0 Å². The Hall–Kier alpha value is 0. The van der Waals surface area contributed by atoms with Crippen LogP contribution < -0.4 is 0 Å². The minimum absolute atomic E-state index is 0.562. The average Bonchev–Trinajstić information content (AvgIpc) is 2.04. The first kappa shape index (κ1) is 12.0. The third-order valence-electron chi connectivity index (χ3n) is 3.29. The van der Waals surface area contributed by atoms with Crippen molar-refractivity contribution >= 4 is 0 Å². The van der Waals surface area contributed by atoms with Crippen LogP contribution in [-0.2, 0) is 0 Å². The molecule has 0 radical (unpaired) electrons. The lowest BCUT2D eigenvalue weighted by Crippen LogP contribution is -2.23. The van der Waals surface area contributed by atoms with Gasteiger partial charge in [0.25, 0.3) is 0 Å². The van der Waals surface area contributed by atoms with Gasteiger partial charge in [-0.15, -0.1) is 0 Å². The Kier molecular flexibility index (Phi) is 5.61. The molecule has 0 aliphatic carbocycles. The summed E-state index contributed by atoms with van der Waals surface area (Å²) in [5.74, 6) is 0.942. The molecule has 0 spiro atoms. The fraction of sp³-hybridized carbons (Fsp3) is 1.00. The quantitative estimate of drug-likeness (QED) is 0.545. The van der Waals surface area contributed by atoms with Gasteiger partial charge in [-0.25, -0.2) is 0 Å². The Morgan fingerprint density at radius 3 is 1.58 bits per heavy atom. The molecule has 0 heterocycles.